The van der Waals surface area contributed by atoms with Crippen molar-refractivity contribution in [3.63, 3.8) is 0 Å². The molecule has 7 heteroatoms. The predicted molar refractivity (Wildman–Crippen MR) is 133 cm³/mol. The number of aryl methyl sites for hydroxylation is 3. The molecule has 6 rings (SSSR count). The Morgan fingerprint density at radius 2 is 1.62 bits per heavy atom. The maximum Gasteiger partial charge on any atom is 0.331 e. The van der Waals surface area contributed by atoms with Gasteiger partial charge in [0.15, 0.2) is 0 Å². The molecule has 1 aliphatic heterocycles. The molecule has 1 atom stereocenters. The Morgan fingerprint density at radius 1 is 0.882 bits per heavy atom. The fraction of sp³-hybridized carbons (Fsp3) is 0.185. The number of aromatic nitrogens is 3. The number of para-hydroxylation sites is 2. The second-order valence-corrected chi connectivity index (χ2v) is 8.86. The minimum atomic E-state index is -0.387. The van der Waals surface area contributed by atoms with Gasteiger partial charge in [-0.3, -0.25) is 13.9 Å². The number of anilines is 1. The summed E-state index contributed by atoms with van der Waals surface area (Å²) >= 11 is 0. The fourth-order valence-electron chi connectivity index (χ4n) is 5.13. The smallest absolute Gasteiger partial charge is 0.331 e. The second kappa shape index (κ2) is 7.12. The molecule has 5 aromatic rings. The van der Waals surface area contributed by atoms with Gasteiger partial charge in [-0.25, -0.2) is 4.79 Å². The van der Waals surface area contributed by atoms with Crippen molar-refractivity contribution in [2.24, 2.45) is 14.1 Å². The number of furan rings is 1. The maximum atomic E-state index is 13.7. The average molecular weight is 453 g/mol. The summed E-state index contributed by atoms with van der Waals surface area (Å²) in [6, 6.07) is 19.5. The molecule has 2 aromatic carbocycles. The molecule has 0 fully saturated rings. The van der Waals surface area contributed by atoms with E-state index in [-0.39, 0.29) is 17.3 Å². The van der Waals surface area contributed by atoms with Crippen molar-refractivity contribution in [2.75, 3.05) is 5.32 Å². The quantitative estimate of drug-likeness (QED) is 0.430. The summed E-state index contributed by atoms with van der Waals surface area (Å²) in [4.78, 5) is 26.7. The van der Waals surface area contributed by atoms with Crippen molar-refractivity contribution in [2.45, 2.75) is 19.9 Å². The van der Waals surface area contributed by atoms with E-state index in [1.54, 1.807) is 11.6 Å². The van der Waals surface area contributed by atoms with E-state index >= 15 is 0 Å². The third-order valence-electron chi connectivity index (χ3n) is 6.77. The summed E-state index contributed by atoms with van der Waals surface area (Å²) in [6.45, 7) is 3.94. The molecule has 3 aromatic heterocycles. The molecular formula is C27H24N4O3. The molecule has 0 bridgehead atoms. The summed E-state index contributed by atoms with van der Waals surface area (Å²) in [6.07, 6.45) is 0. The number of hydrogen-bond donors (Lipinski definition) is 1. The highest BCUT2D eigenvalue weighted by atomic mass is 16.3. The van der Waals surface area contributed by atoms with E-state index < -0.39 is 0 Å². The molecule has 1 N–H and O–H groups in total. The molecule has 7 nitrogen and oxygen atoms in total. The molecule has 0 unspecified atom stereocenters. The highest BCUT2D eigenvalue weighted by Gasteiger charge is 2.36. The van der Waals surface area contributed by atoms with Crippen molar-refractivity contribution < 1.29 is 4.42 Å². The standard InChI is InChI=1S/C27H24N4O3/c1-15-9-5-6-10-17(15)23-21-24(29(3)27(33)30(4)26(21)32)25-22(20-14-13-16(2)34-20)28-18-11-7-8-12-19(18)31(23)25/h5-14,22,28H,1-4H3/t22-/m0/s1. The van der Waals surface area contributed by atoms with Crippen LogP contribution in [-0.2, 0) is 14.1 Å². The molecule has 34 heavy (non-hydrogen) atoms. The number of nitrogens with zero attached hydrogens (tertiary/aromatic N) is 3. The van der Waals surface area contributed by atoms with Gasteiger partial charge in [0.1, 0.15) is 17.6 Å². The highest BCUT2D eigenvalue weighted by molar-refractivity contribution is 5.99. The Kier molecular flexibility index (Phi) is 4.26. The lowest BCUT2D eigenvalue weighted by atomic mass is 10.0. The molecule has 0 aliphatic carbocycles. The number of nitrogens with one attached hydrogen (secondary N) is 1. The summed E-state index contributed by atoms with van der Waals surface area (Å²) in [5.74, 6) is 1.51. The van der Waals surface area contributed by atoms with Crippen LogP contribution in [0.4, 0.5) is 5.69 Å². The first-order chi connectivity index (χ1) is 16.4. The van der Waals surface area contributed by atoms with Gasteiger partial charge in [0.2, 0.25) is 0 Å². The van der Waals surface area contributed by atoms with Crippen LogP contribution in [0.5, 0.6) is 0 Å². The zero-order valence-corrected chi connectivity index (χ0v) is 19.4. The van der Waals surface area contributed by atoms with Gasteiger partial charge in [-0.2, -0.15) is 0 Å². The van der Waals surface area contributed by atoms with Gasteiger partial charge in [0.05, 0.1) is 33.7 Å². The van der Waals surface area contributed by atoms with Crippen molar-refractivity contribution >= 4 is 16.6 Å². The third kappa shape index (κ3) is 2.64. The van der Waals surface area contributed by atoms with Crippen LogP contribution in [0.25, 0.3) is 27.8 Å². The summed E-state index contributed by atoms with van der Waals surface area (Å²) < 4.78 is 10.9. The predicted octanol–water partition coefficient (Wildman–Crippen LogP) is 4.42. The molecule has 4 heterocycles. The van der Waals surface area contributed by atoms with E-state index in [0.29, 0.717) is 10.9 Å². The first-order valence-electron chi connectivity index (χ1n) is 11.2. The third-order valence-corrected chi connectivity index (χ3v) is 6.77. The highest BCUT2D eigenvalue weighted by Crippen LogP contribution is 2.46. The van der Waals surface area contributed by atoms with E-state index in [2.05, 4.69) is 9.88 Å². The number of hydrogen-bond acceptors (Lipinski definition) is 4. The fourth-order valence-corrected chi connectivity index (χ4v) is 5.13. The van der Waals surface area contributed by atoms with Crippen LogP contribution in [0.1, 0.15) is 28.8 Å². The number of benzene rings is 2. The molecule has 0 saturated heterocycles. The average Bonchev–Trinajstić information content (AvgIpc) is 3.43. The topological polar surface area (TPSA) is 74.1 Å². The van der Waals surface area contributed by atoms with Gasteiger partial charge in [0.25, 0.3) is 5.56 Å². The van der Waals surface area contributed by atoms with Crippen LogP contribution in [0.3, 0.4) is 0 Å². The van der Waals surface area contributed by atoms with Crippen molar-refractivity contribution in [1.82, 2.24) is 13.7 Å². The summed E-state index contributed by atoms with van der Waals surface area (Å²) in [5.41, 5.74) is 5.34. The van der Waals surface area contributed by atoms with Gasteiger partial charge in [-0.1, -0.05) is 36.4 Å². The van der Waals surface area contributed by atoms with Crippen molar-refractivity contribution in [1.29, 1.82) is 0 Å². The van der Waals surface area contributed by atoms with Gasteiger partial charge in [0, 0.05) is 19.7 Å². The van der Waals surface area contributed by atoms with Crippen LogP contribution in [-0.4, -0.2) is 13.7 Å². The summed E-state index contributed by atoms with van der Waals surface area (Å²) in [5, 5.41) is 4.11. The molecule has 0 saturated carbocycles. The molecule has 1 aliphatic rings. The lowest BCUT2D eigenvalue weighted by Crippen LogP contribution is -2.37. The molecule has 0 spiro atoms. The summed E-state index contributed by atoms with van der Waals surface area (Å²) in [7, 11) is 3.25. The lowest BCUT2D eigenvalue weighted by Gasteiger charge is -2.30. The van der Waals surface area contributed by atoms with Crippen LogP contribution >= 0.6 is 0 Å². The molecule has 0 amide bonds. The van der Waals surface area contributed by atoms with E-state index in [1.807, 2.05) is 74.5 Å². The van der Waals surface area contributed by atoms with E-state index in [0.717, 1.165) is 45.4 Å². The Bertz CT molecular complexity index is 1730. The Labute approximate surface area is 195 Å². The Balaban J connectivity index is 1.90. The normalized spacial score (nSPS) is 14.6. The van der Waals surface area contributed by atoms with Crippen LogP contribution in [0.15, 0.2) is 74.7 Å². The van der Waals surface area contributed by atoms with Crippen molar-refractivity contribution in [3.05, 3.63) is 104 Å². The van der Waals surface area contributed by atoms with Gasteiger partial charge in [-0.15, -0.1) is 0 Å². The van der Waals surface area contributed by atoms with Crippen LogP contribution < -0.4 is 16.6 Å². The van der Waals surface area contributed by atoms with E-state index in [4.69, 9.17) is 4.42 Å². The second-order valence-electron chi connectivity index (χ2n) is 8.86. The first-order valence-corrected chi connectivity index (χ1v) is 11.2. The molecular weight excluding hydrogens is 428 g/mol. The van der Waals surface area contributed by atoms with E-state index in [1.165, 1.54) is 11.6 Å². The van der Waals surface area contributed by atoms with Crippen LogP contribution in [0.2, 0.25) is 0 Å². The van der Waals surface area contributed by atoms with E-state index in [9.17, 15) is 9.59 Å². The SMILES string of the molecule is Cc1ccc([C@@H]2Nc3ccccc3-n3c(-c4ccccc4C)c4c(=O)n(C)c(=O)n(C)c4c32)o1. The van der Waals surface area contributed by atoms with Gasteiger partial charge < -0.3 is 14.3 Å². The Morgan fingerprint density at radius 3 is 2.35 bits per heavy atom. The molecule has 170 valence electrons. The van der Waals surface area contributed by atoms with Gasteiger partial charge in [-0.05, 0) is 43.7 Å². The minimum absolute atomic E-state index is 0.315. The molecule has 0 radical (unpaired) electrons. The zero-order valence-electron chi connectivity index (χ0n) is 19.4. The lowest BCUT2D eigenvalue weighted by molar-refractivity contribution is 0.469. The van der Waals surface area contributed by atoms with Gasteiger partial charge >= 0.3 is 5.69 Å². The number of fused-ring (bicyclic) bond motifs is 5. The minimum Gasteiger partial charge on any atom is -0.464 e. The maximum absolute atomic E-state index is 13.7. The monoisotopic (exact) mass is 452 g/mol. The van der Waals surface area contributed by atoms with Crippen molar-refractivity contribution in [3.8, 4) is 16.9 Å². The zero-order chi connectivity index (χ0) is 23.7. The number of rotatable bonds is 2. The largest absolute Gasteiger partial charge is 0.464 e. The Hall–Kier alpha value is -4.26. The van der Waals surface area contributed by atoms with Crippen LogP contribution in [0, 0.1) is 13.8 Å². The first kappa shape index (κ1) is 20.4.